The molecule has 12 N–H and O–H groups in total. The monoisotopic (exact) mass is 1020 g/mol. The lowest BCUT2D eigenvalue weighted by Gasteiger charge is -2.42. The van der Waals surface area contributed by atoms with Gasteiger partial charge in [-0.3, -0.25) is 28.8 Å². The Bertz CT molecular complexity index is 2790. The van der Waals surface area contributed by atoms with Crippen molar-refractivity contribution in [2.24, 2.45) is 11.5 Å². The fourth-order valence-electron chi connectivity index (χ4n) is 9.42. The number of carbonyl (C=O) groups excluding carboxylic acids is 7. The Morgan fingerprint density at radius 1 is 0.851 bits per heavy atom. The molecule has 1 saturated heterocycles. The van der Waals surface area contributed by atoms with Crippen molar-refractivity contribution in [3.8, 4) is 17.2 Å². The number of aromatic hydroxyl groups is 2. The molecule has 4 amide bonds. The zero-order valence-corrected chi connectivity index (χ0v) is 41.3. The smallest absolute Gasteiger partial charge is 0.407 e. The molecular weight excluding hydrogens is 961 g/mol. The number of carbonyl (C=O) groups is 7. The topological polar surface area (TPSA) is 337 Å². The normalized spacial score (nSPS) is 22.1. The number of phenols is 2. The highest BCUT2D eigenvalue weighted by Crippen LogP contribution is 2.52. The Kier molecular flexibility index (Phi) is 17.2. The van der Waals surface area contributed by atoms with Crippen LogP contribution >= 0.6 is 0 Å². The fourth-order valence-corrected chi connectivity index (χ4v) is 9.42. The van der Waals surface area contributed by atoms with Gasteiger partial charge < -0.3 is 72.1 Å². The molecule has 0 radical (unpaired) electrons. The molecular formula is C53H62N6O15. The Morgan fingerprint density at radius 3 is 2.20 bits per heavy atom. The van der Waals surface area contributed by atoms with Gasteiger partial charge in [0.05, 0.1) is 48.1 Å². The second kappa shape index (κ2) is 23.3. The lowest BCUT2D eigenvalue weighted by molar-refractivity contribution is -0.249. The van der Waals surface area contributed by atoms with Crippen LogP contribution in [-0.4, -0.2) is 124 Å². The molecule has 9 atom stereocenters. The number of methoxy groups -OCH3 is 1. The zero-order chi connectivity index (χ0) is 53.6. The SMILES string of the molecule is COc1cccc2c1C(=O)c1c(O)c3c(c(O)c1C2=O)C[C@@](O)(C(C)=O)C[C@@H]3O[C@H]1C[C@H](NC(=O)OCc2ccc(NC(=O)[C@H](CCCCN)NC(=O)[C@H](Cc3ccccc3)NC(=O)[C@@H](C)N)cc2)[C@H](O)[C@H](C)O1. The van der Waals surface area contributed by atoms with E-state index in [0.29, 0.717) is 30.6 Å². The van der Waals surface area contributed by atoms with E-state index in [0.717, 1.165) is 12.5 Å². The Balaban J connectivity index is 0.997. The fraction of sp³-hybridized carbons (Fsp3) is 0.415. The molecule has 0 bridgehead atoms. The van der Waals surface area contributed by atoms with Crippen molar-refractivity contribution in [3.63, 3.8) is 0 Å². The van der Waals surface area contributed by atoms with Gasteiger partial charge in [-0.25, -0.2) is 4.79 Å². The molecule has 4 aromatic carbocycles. The minimum Gasteiger partial charge on any atom is -0.507 e. The van der Waals surface area contributed by atoms with Crippen molar-refractivity contribution in [3.05, 3.63) is 117 Å². The largest absolute Gasteiger partial charge is 0.507 e. The number of alkyl carbamates (subject to hydrolysis) is 1. The number of fused-ring (bicyclic) bond motifs is 3. The molecule has 0 saturated carbocycles. The average Bonchev–Trinajstić information content (AvgIpc) is 3.37. The van der Waals surface area contributed by atoms with Gasteiger partial charge in [0.1, 0.15) is 47.6 Å². The number of nitrogens with two attached hydrogens (primary N) is 2. The average molecular weight is 1020 g/mol. The number of phenolic OH excluding ortho intramolecular Hbond substituents is 2. The third kappa shape index (κ3) is 11.9. The maximum Gasteiger partial charge on any atom is 0.407 e. The van der Waals surface area contributed by atoms with Crippen LogP contribution in [0.15, 0.2) is 72.8 Å². The first-order valence-electron chi connectivity index (χ1n) is 24.3. The number of aliphatic hydroxyl groups is 2. The van der Waals surface area contributed by atoms with E-state index in [-0.39, 0.29) is 53.9 Å². The number of unbranched alkanes of at least 4 members (excludes halogenated alkanes) is 1. The van der Waals surface area contributed by atoms with Crippen LogP contribution in [0.3, 0.4) is 0 Å². The van der Waals surface area contributed by atoms with E-state index < -0.39 is 131 Å². The van der Waals surface area contributed by atoms with Gasteiger partial charge in [-0.15, -0.1) is 0 Å². The second-order valence-corrected chi connectivity index (χ2v) is 18.9. The van der Waals surface area contributed by atoms with E-state index in [1.165, 1.54) is 39.2 Å². The summed E-state index contributed by atoms with van der Waals surface area (Å²) < 4.78 is 23.1. The van der Waals surface area contributed by atoms with Gasteiger partial charge in [0.2, 0.25) is 23.5 Å². The van der Waals surface area contributed by atoms with Crippen molar-refractivity contribution in [2.75, 3.05) is 19.0 Å². The lowest BCUT2D eigenvalue weighted by atomic mass is 9.72. The van der Waals surface area contributed by atoms with Crippen molar-refractivity contribution in [1.82, 2.24) is 16.0 Å². The lowest BCUT2D eigenvalue weighted by Crippen LogP contribution is -2.55. The summed E-state index contributed by atoms with van der Waals surface area (Å²) in [7, 11) is 1.31. The van der Waals surface area contributed by atoms with Gasteiger partial charge in [-0.2, -0.15) is 0 Å². The molecule has 4 aromatic rings. The summed E-state index contributed by atoms with van der Waals surface area (Å²) in [5.41, 5.74) is 9.41. The molecule has 3 aliphatic rings. The first-order chi connectivity index (χ1) is 35.2. The van der Waals surface area contributed by atoms with Crippen LogP contribution in [0.25, 0.3) is 0 Å². The van der Waals surface area contributed by atoms with Crippen LogP contribution in [0, 0.1) is 0 Å². The number of benzene rings is 4. The van der Waals surface area contributed by atoms with Gasteiger partial charge in [0.25, 0.3) is 0 Å². The van der Waals surface area contributed by atoms with Crippen molar-refractivity contribution in [2.45, 2.75) is 127 Å². The molecule has 7 rings (SSSR count). The first kappa shape index (κ1) is 54.5. The molecule has 2 aliphatic carbocycles. The van der Waals surface area contributed by atoms with Crippen molar-refractivity contribution >= 4 is 46.9 Å². The number of rotatable bonds is 19. The van der Waals surface area contributed by atoms with Crippen molar-refractivity contribution < 1.29 is 72.9 Å². The Hall–Kier alpha value is -7.27. The molecule has 21 heteroatoms. The summed E-state index contributed by atoms with van der Waals surface area (Å²) in [6.45, 7) is 4.28. The van der Waals surface area contributed by atoms with E-state index in [4.69, 9.17) is 30.4 Å². The maximum absolute atomic E-state index is 14.0. The number of anilines is 1. The van der Waals surface area contributed by atoms with E-state index in [2.05, 4.69) is 21.3 Å². The molecule has 0 aromatic heterocycles. The molecule has 1 fully saturated rings. The Labute approximate surface area is 426 Å². The minimum absolute atomic E-state index is 0.0577. The number of aliphatic hydroxyl groups excluding tert-OH is 1. The van der Waals surface area contributed by atoms with Crippen LogP contribution in [0.4, 0.5) is 10.5 Å². The van der Waals surface area contributed by atoms with Gasteiger partial charge in [-0.05, 0) is 75.9 Å². The van der Waals surface area contributed by atoms with Gasteiger partial charge in [-0.1, -0.05) is 54.6 Å². The van der Waals surface area contributed by atoms with Gasteiger partial charge in [0, 0.05) is 48.1 Å². The molecule has 0 spiro atoms. The summed E-state index contributed by atoms with van der Waals surface area (Å²) >= 11 is 0. The van der Waals surface area contributed by atoms with Gasteiger partial charge >= 0.3 is 6.09 Å². The van der Waals surface area contributed by atoms with E-state index in [9.17, 15) is 54.0 Å². The van der Waals surface area contributed by atoms with E-state index >= 15 is 0 Å². The molecule has 1 aliphatic heterocycles. The van der Waals surface area contributed by atoms with Crippen LogP contribution in [0.5, 0.6) is 17.2 Å². The molecule has 0 unspecified atom stereocenters. The third-order valence-corrected chi connectivity index (χ3v) is 13.6. The number of hydrogen-bond donors (Lipinski definition) is 10. The van der Waals surface area contributed by atoms with Crippen LogP contribution in [0.1, 0.15) is 113 Å². The Morgan fingerprint density at radius 2 is 1.54 bits per heavy atom. The number of ether oxygens (including phenoxy) is 4. The summed E-state index contributed by atoms with van der Waals surface area (Å²) in [5, 5.41) is 57.2. The van der Waals surface area contributed by atoms with Crippen LogP contribution in [-0.2, 0) is 52.8 Å². The summed E-state index contributed by atoms with van der Waals surface area (Å²) in [6, 6.07) is 15.8. The molecule has 21 nitrogen and oxygen atoms in total. The molecule has 74 heavy (non-hydrogen) atoms. The summed E-state index contributed by atoms with van der Waals surface area (Å²) in [4.78, 5) is 93.9. The summed E-state index contributed by atoms with van der Waals surface area (Å²) in [5.74, 6) is -5.31. The summed E-state index contributed by atoms with van der Waals surface area (Å²) in [6.07, 6.45) is -5.59. The highest BCUT2D eigenvalue weighted by molar-refractivity contribution is 6.31. The second-order valence-electron chi connectivity index (χ2n) is 18.9. The molecule has 1 heterocycles. The maximum atomic E-state index is 14.0. The number of ketones is 3. The number of nitrogens with one attached hydrogen (secondary N) is 4. The highest BCUT2D eigenvalue weighted by atomic mass is 16.7. The number of Topliss-reactive ketones (excluding diaryl/α,β-unsaturated/α-hetero) is 1. The first-order valence-corrected chi connectivity index (χ1v) is 24.3. The highest BCUT2D eigenvalue weighted by Gasteiger charge is 2.50. The third-order valence-electron chi connectivity index (χ3n) is 13.6. The van der Waals surface area contributed by atoms with E-state index in [1.54, 1.807) is 24.3 Å². The van der Waals surface area contributed by atoms with Gasteiger partial charge in [0.15, 0.2) is 17.9 Å². The predicted octanol–water partition coefficient (Wildman–Crippen LogP) is 2.62. The number of hydrogen-bond acceptors (Lipinski definition) is 17. The minimum atomic E-state index is -2.16. The quantitative estimate of drug-likeness (QED) is 0.0420. The van der Waals surface area contributed by atoms with Crippen LogP contribution in [0.2, 0.25) is 0 Å². The van der Waals surface area contributed by atoms with E-state index in [1.807, 2.05) is 30.3 Å². The zero-order valence-electron chi connectivity index (χ0n) is 41.3. The number of amides is 4. The molecule has 394 valence electrons. The van der Waals surface area contributed by atoms with Crippen molar-refractivity contribution in [1.29, 1.82) is 0 Å². The predicted molar refractivity (Wildman–Crippen MR) is 265 cm³/mol. The standard InChI is InChI=1S/C53H62N6O15/c1-26(55)49(66)58-36(21-29-11-6-5-7-12-29)51(68)57-34(14-8-9-20-54)50(67)56-31-18-16-30(17-19-31)25-72-52(69)59-35-22-39(73-27(2)44(35)61)74-38-24-53(70,28(3)60)23-33-41(38)48(65)43-42(46(33)63)45(62)32-13-10-15-37(71-4)40(32)47(43)64/h5-7,10-13,15-19,26-27,34-36,38-39,44,61,63,65,70H,8-9,14,20-25,54-55H2,1-4H3,(H,56,67)(H,57,68)(H,58,66)(H,59,69)/t26-,27+,34+,35+,36+,38+,39+,44-,53+/m1/s1. The van der Waals surface area contributed by atoms with Crippen LogP contribution < -0.4 is 37.5 Å².